The molecule has 1 aliphatic rings. The molecule has 0 amide bonds. The zero-order valence-electron chi connectivity index (χ0n) is 16.8. The number of piperazine rings is 1. The molecular formula is C19H41N5. The van der Waals surface area contributed by atoms with Gasteiger partial charge in [0, 0.05) is 51.9 Å². The van der Waals surface area contributed by atoms with E-state index >= 15 is 0 Å². The molecule has 2 atom stereocenters. The third-order valence-electron chi connectivity index (χ3n) is 5.12. The number of nitrogens with one attached hydrogen (secondary N) is 2. The molecule has 0 aromatic heterocycles. The molecule has 0 saturated carbocycles. The fraction of sp³-hybridized carbons (Fsp3) is 0.947. The van der Waals surface area contributed by atoms with Crippen LogP contribution < -0.4 is 10.6 Å². The fourth-order valence-electron chi connectivity index (χ4n) is 3.12. The predicted molar refractivity (Wildman–Crippen MR) is 106 cm³/mol. The molecule has 24 heavy (non-hydrogen) atoms. The lowest BCUT2D eigenvalue weighted by molar-refractivity contribution is 0.120. The van der Waals surface area contributed by atoms with E-state index in [9.17, 15) is 0 Å². The first-order chi connectivity index (χ1) is 11.6. The maximum Gasteiger partial charge on any atom is 0.191 e. The van der Waals surface area contributed by atoms with Gasteiger partial charge in [0.2, 0.25) is 0 Å². The first-order valence-electron chi connectivity index (χ1n) is 10.0. The average molecular weight is 340 g/mol. The summed E-state index contributed by atoms with van der Waals surface area (Å²) in [5, 5.41) is 6.94. The van der Waals surface area contributed by atoms with E-state index in [0.717, 1.165) is 31.5 Å². The molecular weight excluding hydrogens is 298 g/mol. The largest absolute Gasteiger partial charge is 0.357 e. The maximum absolute atomic E-state index is 4.83. The van der Waals surface area contributed by atoms with Crippen molar-refractivity contribution in [1.29, 1.82) is 0 Å². The van der Waals surface area contributed by atoms with E-state index in [2.05, 4.69) is 55.2 Å². The van der Waals surface area contributed by atoms with Crippen LogP contribution in [0.2, 0.25) is 0 Å². The van der Waals surface area contributed by atoms with Gasteiger partial charge in [0.15, 0.2) is 5.96 Å². The zero-order chi connectivity index (χ0) is 17.8. The van der Waals surface area contributed by atoms with Crippen molar-refractivity contribution in [2.24, 2.45) is 10.9 Å². The van der Waals surface area contributed by atoms with Crippen molar-refractivity contribution in [3.05, 3.63) is 0 Å². The van der Waals surface area contributed by atoms with Gasteiger partial charge in [0.05, 0.1) is 0 Å². The molecule has 5 heteroatoms. The molecule has 1 heterocycles. The third-order valence-corrected chi connectivity index (χ3v) is 5.12. The monoisotopic (exact) mass is 339 g/mol. The molecule has 2 unspecified atom stereocenters. The van der Waals surface area contributed by atoms with Crippen LogP contribution in [0, 0.1) is 5.92 Å². The minimum Gasteiger partial charge on any atom is -0.357 e. The van der Waals surface area contributed by atoms with E-state index in [4.69, 9.17) is 4.99 Å². The smallest absolute Gasteiger partial charge is 0.191 e. The van der Waals surface area contributed by atoms with Gasteiger partial charge in [-0.3, -0.25) is 9.89 Å². The van der Waals surface area contributed by atoms with E-state index in [1.54, 1.807) is 0 Å². The molecule has 0 radical (unpaired) electrons. The van der Waals surface area contributed by atoms with E-state index in [1.165, 1.54) is 51.9 Å². The molecule has 1 fully saturated rings. The average Bonchev–Trinajstić information content (AvgIpc) is 2.60. The number of aliphatic imine (C=N–C) groups is 1. The van der Waals surface area contributed by atoms with E-state index in [-0.39, 0.29) is 0 Å². The first kappa shape index (κ1) is 21.2. The van der Waals surface area contributed by atoms with Crippen LogP contribution in [0.15, 0.2) is 4.99 Å². The second-order valence-corrected chi connectivity index (χ2v) is 7.21. The minimum atomic E-state index is 0.546. The highest BCUT2D eigenvalue weighted by Gasteiger charge is 2.19. The van der Waals surface area contributed by atoms with Crippen LogP contribution in [0.5, 0.6) is 0 Å². The number of unbranched alkanes of at least 4 members (excludes halogenated alkanes) is 1. The molecule has 1 aliphatic heterocycles. The van der Waals surface area contributed by atoms with E-state index in [1.807, 2.05) is 0 Å². The van der Waals surface area contributed by atoms with Crippen LogP contribution in [0.25, 0.3) is 0 Å². The molecule has 0 aliphatic carbocycles. The molecule has 142 valence electrons. The van der Waals surface area contributed by atoms with Crippen molar-refractivity contribution in [3.8, 4) is 0 Å². The van der Waals surface area contributed by atoms with Crippen molar-refractivity contribution in [2.45, 2.75) is 59.4 Å². The van der Waals surface area contributed by atoms with Crippen molar-refractivity contribution in [2.75, 3.05) is 52.9 Å². The number of likely N-dealkylation sites (N-methyl/N-ethyl adjacent to an activating group) is 1. The van der Waals surface area contributed by atoms with Gasteiger partial charge >= 0.3 is 0 Å². The van der Waals surface area contributed by atoms with Gasteiger partial charge in [-0.05, 0) is 33.2 Å². The highest BCUT2D eigenvalue weighted by Crippen LogP contribution is 2.12. The highest BCUT2D eigenvalue weighted by molar-refractivity contribution is 5.79. The van der Waals surface area contributed by atoms with Gasteiger partial charge in [0.25, 0.3) is 0 Å². The van der Waals surface area contributed by atoms with Crippen LogP contribution in [0.4, 0.5) is 0 Å². The van der Waals surface area contributed by atoms with Gasteiger partial charge in [-0.2, -0.15) is 0 Å². The number of guanidine groups is 1. The Morgan fingerprint density at radius 1 is 1.08 bits per heavy atom. The van der Waals surface area contributed by atoms with Gasteiger partial charge in [-0.15, -0.1) is 0 Å². The molecule has 0 bridgehead atoms. The summed E-state index contributed by atoms with van der Waals surface area (Å²) in [5.41, 5.74) is 0. The Kier molecular flexibility index (Phi) is 11.1. The summed E-state index contributed by atoms with van der Waals surface area (Å²) in [6, 6.07) is 0.546. The van der Waals surface area contributed by atoms with Gasteiger partial charge in [0.1, 0.15) is 0 Å². The molecule has 1 saturated heterocycles. The standard InChI is InChI=1S/C19H41N5/c1-6-9-10-18(7-2)16-22-19(20-8-3)21-15-17(4)24-13-11-23(5)12-14-24/h17-18H,6-16H2,1-5H3,(H2,20,21,22). The maximum atomic E-state index is 4.83. The topological polar surface area (TPSA) is 42.9 Å². The molecule has 0 aromatic carbocycles. The Labute approximate surface area is 150 Å². The zero-order valence-corrected chi connectivity index (χ0v) is 16.8. The third kappa shape index (κ3) is 8.34. The predicted octanol–water partition coefficient (Wildman–Crippen LogP) is 2.39. The van der Waals surface area contributed by atoms with Gasteiger partial charge in [-0.25, -0.2) is 0 Å². The highest BCUT2D eigenvalue weighted by atomic mass is 15.3. The van der Waals surface area contributed by atoms with Gasteiger partial charge < -0.3 is 15.5 Å². The lowest BCUT2D eigenvalue weighted by atomic mass is 10.00. The molecule has 1 rings (SSSR count). The number of rotatable bonds is 10. The lowest BCUT2D eigenvalue weighted by Gasteiger charge is -2.36. The second kappa shape index (κ2) is 12.5. The summed E-state index contributed by atoms with van der Waals surface area (Å²) in [6.07, 6.45) is 5.12. The number of nitrogens with zero attached hydrogens (tertiary/aromatic N) is 3. The summed E-state index contributed by atoms with van der Waals surface area (Å²) >= 11 is 0. The molecule has 0 spiro atoms. The molecule has 5 nitrogen and oxygen atoms in total. The summed E-state index contributed by atoms with van der Waals surface area (Å²) in [6.45, 7) is 16.5. The van der Waals surface area contributed by atoms with Crippen molar-refractivity contribution in [1.82, 2.24) is 20.4 Å². The van der Waals surface area contributed by atoms with Gasteiger partial charge in [-0.1, -0.05) is 33.1 Å². The quantitative estimate of drug-likeness (QED) is 0.474. The van der Waals surface area contributed by atoms with E-state index in [0.29, 0.717) is 6.04 Å². The van der Waals surface area contributed by atoms with E-state index < -0.39 is 0 Å². The Bertz CT molecular complexity index is 337. The normalized spacial score (nSPS) is 20.0. The molecule has 0 aromatic rings. The van der Waals surface area contributed by atoms with Crippen LogP contribution >= 0.6 is 0 Å². The first-order valence-corrected chi connectivity index (χ1v) is 10.0. The summed E-state index contributed by atoms with van der Waals surface area (Å²) in [5.74, 6) is 1.70. The summed E-state index contributed by atoms with van der Waals surface area (Å²) in [7, 11) is 2.21. The SMILES string of the molecule is CCCCC(CC)CN=C(NCC)NCC(C)N1CCN(C)CC1. The Morgan fingerprint density at radius 3 is 2.38 bits per heavy atom. The number of hydrogen-bond acceptors (Lipinski definition) is 3. The Balaban J connectivity index is 2.41. The van der Waals surface area contributed by atoms with Crippen molar-refractivity contribution < 1.29 is 0 Å². The minimum absolute atomic E-state index is 0.546. The van der Waals surface area contributed by atoms with Crippen LogP contribution in [0.1, 0.15) is 53.4 Å². The van der Waals surface area contributed by atoms with Crippen molar-refractivity contribution in [3.63, 3.8) is 0 Å². The second-order valence-electron chi connectivity index (χ2n) is 7.21. The number of hydrogen-bond donors (Lipinski definition) is 2. The molecule has 2 N–H and O–H groups in total. The summed E-state index contributed by atoms with van der Waals surface area (Å²) < 4.78 is 0. The van der Waals surface area contributed by atoms with Crippen molar-refractivity contribution >= 4 is 5.96 Å². The fourth-order valence-corrected chi connectivity index (χ4v) is 3.12. The summed E-state index contributed by atoms with van der Waals surface area (Å²) in [4.78, 5) is 9.82. The van der Waals surface area contributed by atoms with Crippen LogP contribution in [-0.2, 0) is 0 Å². The Morgan fingerprint density at radius 2 is 1.79 bits per heavy atom. The Hall–Kier alpha value is -0.810. The van der Waals surface area contributed by atoms with Crippen LogP contribution in [-0.4, -0.2) is 74.7 Å². The van der Waals surface area contributed by atoms with Crippen LogP contribution in [0.3, 0.4) is 0 Å². The lowest BCUT2D eigenvalue weighted by Crippen LogP contribution is -2.52.